The zero-order chi connectivity index (χ0) is 10.0. The molecular formula is C9H11N3O. The van der Waals surface area contributed by atoms with E-state index in [0.717, 1.165) is 5.56 Å². The summed E-state index contributed by atoms with van der Waals surface area (Å²) in [5, 5.41) is 12.5. The largest absolute Gasteiger partial charge is 0.291 e. The van der Waals surface area contributed by atoms with E-state index in [1.807, 2.05) is 13.0 Å². The molecule has 1 aromatic heterocycles. The maximum absolute atomic E-state index is 11.6. The van der Waals surface area contributed by atoms with E-state index < -0.39 is 5.92 Å². The Morgan fingerprint density at radius 1 is 1.77 bits per heavy atom. The van der Waals surface area contributed by atoms with Gasteiger partial charge in [0.15, 0.2) is 5.78 Å². The molecule has 4 nitrogen and oxygen atoms in total. The monoisotopic (exact) mass is 177 g/mol. The van der Waals surface area contributed by atoms with Crippen LogP contribution in [0.25, 0.3) is 0 Å². The number of aromatic nitrogens is 2. The van der Waals surface area contributed by atoms with Gasteiger partial charge in [-0.15, -0.1) is 0 Å². The lowest BCUT2D eigenvalue weighted by molar-refractivity contribution is 0.0946. The molecule has 0 aliphatic rings. The maximum Gasteiger partial charge on any atom is 0.197 e. The smallest absolute Gasteiger partial charge is 0.197 e. The number of hydrogen-bond donors (Lipinski definition) is 0. The second-order valence-electron chi connectivity index (χ2n) is 3.01. The molecule has 68 valence electrons. The summed E-state index contributed by atoms with van der Waals surface area (Å²) in [5.41, 5.74) is 1.34. The van der Waals surface area contributed by atoms with Crippen LogP contribution in [0, 0.1) is 24.2 Å². The fraction of sp³-hybridized carbons (Fsp3) is 0.444. The first-order valence-corrected chi connectivity index (χ1v) is 4.00. The zero-order valence-corrected chi connectivity index (χ0v) is 7.90. The first-order chi connectivity index (χ1) is 6.07. The van der Waals surface area contributed by atoms with Gasteiger partial charge in [-0.3, -0.25) is 9.48 Å². The number of hydrogen-bond acceptors (Lipinski definition) is 3. The van der Waals surface area contributed by atoms with Gasteiger partial charge < -0.3 is 0 Å². The van der Waals surface area contributed by atoms with Crippen molar-refractivity contribution in [2.75, 3.05) is 0 Å². The molecule has 0 saturated heterocycles. The molecule has 0 fully saturated rings. The molecular weight excluding hydrogens is 166 g/mol. The number of aryl methyl sites for hydroxylation is 2. The minimum Gasteiger partial charge on any atom is -0.291 e. The maximum atomic E-state index is 11.6. The second-order valence-corrected chi connectivity index (χ2v) is 3.01. The van der Waals surface area contributed by atoms with Crippen molar-refractivity contribution in [3.05, 3.63) is 17.5 Å². The lowest BCUT2D eigenvalue weighted by Crippen LogP contribution is -2.15. The van der Waals surface area contributed by atoms with Crippen molar-refractivity contribution in [1.29, 1.82) is 5.26 Å². The normalized spacial score (nSPS) is 12.2. The highest BCUT2D eigenvalue weighted by Gasteiger charge is 2.19. The molecule has 1 rings (SSSR count). The van der Waals surface area contributed by atoms with E-state index >= 15 is 0 Å². The molecule has 0 bridgehead atoms. The van der Waals surface area contributed by atoms with Gasteiger partial charge in [-0.05, 0) is 19.4 Å². The third-order valence-corrected chi connectivity index (χ3v) is 1.94. The number of carbonyl (C=O) groups is 1. The van der Waals surface area contributed by atoms with Crippen molar-refractivity contribution in [3.8, 4) is 6.07 Å². The Balaban J connectivity index is 3.09. The van der Waals surface area contributed by atoms with Crippen LogP contribution < -0.4 is 0 Å². The van der Waals surface area contributed by atoms with Gasteiger partial charge in [0.2, 0.25) is 0 Å². The standard InChI is InChI=1S/C9H11N3O/c1-6(4-10)9(13)8-7(2)5-11-12(8)3/h5-6H,1-3H3. The third kappa shape index (κ3) is 1.59. The molecule has 0 aliphatic carbocycles. The zero-order valence-electron chi connectivity index (χ0n) is 7.90. The predicted molar refractivity (Wildman–Crippen MR) is 47.1 cm³/mol. The Morgan fingerprint density at radius 3 is 2.77 bits per heavy atom. The van der Waals surface area contributed by atoms with E-state index in [1.54, 1.807) is 20.2 Å². The Labute approximate surface area is 76.8 Å². The molecule has 0 radical (unpaired) electrons. The van der Waals surface area contributed by atoms with Crippen molar-refractivity contribution in [2.24, 2.45) is 13.0 Å². The molecule has 13 heavy (non-hydrogen) atoms. The Kier molecular flexibility index (Phi) is 2.47. The van der Waals surface area contributed by atoms with Gasteiger partial charge in [-0.2, -0.15) is 10.4 Å². The quantitative estimate of drug-likeness (QED) is 0.635. The molecule has 1 unspecified atom stereocenters. The van der Waals surface area contributed by atoms with Crippen molar-refractivity contribution in [2.45, 2.75) is 13.8 Å². The SMILES string of the molecule is Cc1cnn(C)c1C(=O)C(C)C#N. The second kappa shape index (κ2) is 3.40. The molecule has 0 aromatic carbocycles. The van der Waals surface area contributed by atoms with Crippen molar-refractivity contribution in [1.82, 2.24) is 9.78 Å². The summed E-state index contributed by atoms with van der Waals surface area (Å²) in [4.78, 5) is 11.6. The molecule has 1 heterocycles. The van der Waals surface area contributed by atoms with E-state index in [0.29, 0.717) is 5.69 Å². The molecule has 0 spiro atoms. The average molecular weight is 177 g/mol. The van der Waals surface area contributed by atoms with E-state index in [9.17, 15) is 4.79 Å². The average Bonchev–Trinajstić information content (AvgIpc) is 2.44. The van der Waals surface area contributed by atoms with Crippen LogP contribution in [0.4, 0.5) is 0 Å². The lowest BCUT2D eigenvalue weighted by atomic mass is 10.0. The van der Waals surface area contributed by atoms with Gasteiger partial charge in [0.1, 0.15) is 11.6 Å². The summed E-state index contributed by atoms with van der Waals surface area (Å²) < 4.78 is 1.51. The highest BCUT2D eigenvalue weighted by atomic mass is 16.1. The first kappa shape index (κ1) is 9.46. The summed E-state index contributed by atoms with van der Waals surface area (Å²) in [6, 6.07) is 1.92. The summed E-state index contributed by atoms with van der Waals surface area (Å²) in [7, 11) is 1.70. The van der Waals surface area contributed by atoms with Crippen LogP contribution in [0.2, 0.25) is 0 Å². The highest BCUT2D eigenvalue weighted by Crippen LogP contribution is 2.11. The van der Waals surface area contributed by atoms with Gasteiger partial charge in [0.25, 0.3) is 0 Å². The van der Waals surface area contributed by atoms with Crippen LogP contribution in [0.3, 0.4) is 0 Å². The lowest BCUT2D eigenvalue weighted by Gasteiger charge is -2.03. The number of ketones is 1. The number of rotatable bonds is 2. The minimum atomic E-state index is -0.603. The molecule has 1 atom stereocenters. The van der Waals surface area contributed by atoms with Gasteiger partial charge in [0, 0.05) is 7.05 Å². The van der Waals surface area contributed by atoms with E-state index in [1.165, 1.54) is 4.68 Å². The van der Waals surface area contributed by atoms with Crippen LogP contribution in [0.15, 0.2) is 6.20 Å². The first-order valence-electron chi connectivity index (χ1n) is 4.00. The van der Waals surface area contributed by atoms with Crippen molar-refractivity contribution in [3.63, 3.8) is 0 Å². The summed E-state index contributed by atoms with van der Waals surface area (Å²) in [6.07, 6.45) is 1.62. The van der Waals surface area contributed by atoms with Gasteiger partial charge in [0.05, 0.1) is 12.3 Å². The number of carbonyl (C=O) groups excluding carboxylic acids is 1. The fourth-order valence-electron chi connectivity index (χ4n) is 1.16. The van der Waals surface area contributed by atoms with Crippen LogP contribution in [-0.2, 0) is 7.05 Å². The predicted octanol–water partition coefficient (Wildman–Crippen LogP) is 1.07. The van der Waals surface area contributed by atoms with Gasteiger partial charge in [-0.25, -0.2) is 0 Å². The summed E-state index contributed by atoms with van der Waals surface area (Å²) >= 11 is 0. The van der Waals surface area contributed by atoms with Crippen LogP contribution in [-0.4, -0.2) is 15.6 Å². The van der Waals surface area contributed by atoms with E-state index in [2.05, 4.69) is 5.10 Å². The molecule has 0 N–H and O–H groups in total. The van der Waals surface area contributed by atoms with Gasteiger partial charge >= 0.3 is 0 Å². The Morgan fingerprint density at radius 2 is 2.38 bits per heavy atom. The number of Topliss-reactive ketones (excluding diaryl/α,β-unsaturated/α-hetero) is 1. The Bertz CT molecular complexity index is 353. The Hall–Kier alpha value is -1.63. The minimum absolute atomic E-state index is 0.167. The van der Waals surface area contributed by atoms with Crippen molar-refractivity contribution < 1.29 is 4.79 Å². The van der Waals surface area contributed by atoms with Crippen molar-refractivity contribution >= 4 is 5.78 Å². The summed E-state index contributed by atoms with van der Waals surface area (Å²) in [6.45, 7) is 3.40. The van der Waals surface area contributed by atoms with Crippen LogP contribution in [0.5, 0.6) is 0 Å². The molecule has 0 amide bonds. The molecule has 4 heteroatoms. The van der Waals surface area contributed by atoms with Gasteiger partial charge in [-0.1, -0.05) is 0 Å². The summed E-state index contributed by atoms with van der Waals surface area (Å²) in [5.74, 6) is -0.769. The number of nitriles is 1. The van der Waals surface area contributed by atoms with Crippen LogP contribution in [0.1, 0.15) is 23.0 Å². The van der Waals surface area contributed by atoms with E-state index in [-0.39, 0.29) is 5.78 Å². The van der Waals surface area contributed by atoms with Crippen LogP contribution >= 0.6 is 0 Å². The molecule has 1 aromatic rings. The highest BCUT2D eigenvalue weighted by molar-refractivity contribution is 5.98. The topological polar surface area (TPSA) is 58.7 Å². The number of nitrogens with zero attached hydrogens (tertiary/aromatic N) is 3. The molecule has 0 saturated carbocycles. The fourth-order valence-corrected chi connectivity index (χ4v) is 1.16. The van der Waals surface area contributed by atoms with E-state index in [4.69, 9.17) is 5.26 Å². The molecule has 0 aliphatic heterocycles. The third-order valence-electron chi connectivity index (χ3n) is 1.94.